The maximum Gasteiger partial charge on any atom is 0.0305 e. The largest absolute Gasteiger partial charge is 0.264 e. The molecule has 14 heavy (non-hydrogen) atoms. The highest BCUT2D eigenvalue weighted by atomic mass is 14.6. The second-order valence-electron chi connectivity index (χ2n) is 4.57. The van der Waals surface area contributed by atoms with Crippen molar-refractivity contribution in [3.63, 3.8) is 0 Å². The molecule has 0 radical (unpaired) electrons. The number of aromatic nitrogens is 1. The summed E-state index contributed by atoms with van der Waals surface area (Å²) in [7, 11) is 0. The van der Waals surface area contributed by atoms with Crippen LogP contribution >= 0.6 is 0 Å². The molecule has 1 aromatic heterocycles. The zero-order valence-corrected chi connectivity index (χ0v) is 9.80. The van der Waals surface area contributed by atoms with Crippen LogP contribution in [0.4, 0.5) is 0 Å². The summed E-state index contributed by atoms with van der Waals surface area (Å²) in [6, 6.07) is 2.29. The van der Waals surface area contributed by atoms with Crippen molar-refractivity contribution in [1.29, 1.82) is 0 Å². The molecule has 0 saturated heterocycles. The Labute approximate surface area is 87.6 Å². The van der Waals surface area contributed by atoms with Crippen molar-refractivity contribution in [2.24, 2.45) is 0 Å². The number of pyridine rings is 1. The maximum absolute atomic E-state index is 4.30. The Balaban J connectivity index is 2.93. The van der Waals surface area contributed by atoms with E-state index >= 15 is 0 Å². The average Bonchev–Trinajstić information content (AvgIpc) is 2.18. The second-order valence-corrected chi connectivity index (χ2v) is 4.57. The van der Waals surface area contributed by atoms with E-state index in [0.717, 1.165) is 6.42 Å². The van der Waals surface area contributed by atoms with E-state index in [4.69, 9.17) is 0 Å². The first-order chi connectivity index (χ1) is 6.60. The first kappa shape index (κ1) is 11.2. The van der Waals surface area contributed by atoms with E-state index in [1.54, 1.807) is 0 Å². The lowest BCUT2D eigenvalue weighted by molar-refractivity contribution is 0.471. The molecule has 0 aliphatic heterocycles. The monoisotopic (exact) mass is 191 g/mol. The van der Waals surface area contributed by atoms with E-state index in [1.165, 1.54) is 24.0 Å². The van der Waals surface area contributed by atoms with Gasteiger partial charge in [-0.05, 0) is 29.4 Å². The topological polar surface area (TPSA) is 12.9 Å². The van der Waals surface area contributed by atoms with Crippen LogP contribution in [0.1, 0.15) is 51.7 Å². The first-order valence-corrected chi connectivity index (χ1v) is 5.54. The Morgan fingerprint density at radius 2 is 1.93 bits per heavy atom. The van der Waals surface area contributed by atoms with Gasteiger partial charge < -0.3 is 0 Å². The van der Waals surface area contributed by atoms with Gasteiger partial charge in [0.2, 0.25) is 0 Å². The minimum Gasteiger partial charge on any atom is -0.264 e. The van der Waals surface area contributed by atoms with Crippen molar-refractivity contribution in [1.82, 2.24) is 4.98 Å². The van der Waals surface area contributed by atoms with Crippen LogP contribution in [-0.2, 0) is 11.8 Å². The molecule has 78 valence electrons. The summed E-state index contributed by atoms with van der Waals surface area (Å²) < 4.78 is 0. The summed E-state index contributed by atoms with van der Waals surface area (Å²) in [6.45, 7) is 9.01. The van der Waals surface area contributed by atoms with Crippen molar-refractivity contribution in [2.45, 2.75) is 52.4 Å². The molecule has 0 aliphatic carbocycles. The maximum atomic E-state index is 4.30. The van der Waals surface area contributed by atoms with Gasteiger partial charge in [0.15, 0.2) is 0 Å². The van der Waals surface area contributed by atoms with Crippen LogP contribution in [0.25, 0.3) is 0 Å². The number of rotatable bonds is 4. The van der Waals surface area contributed by atoms with Crippen LogP contribution in [0.15, 0.2) is 18.5 Å². The lowest BCUT2D eigenvalue weighted by Crippen LogP contribution is -2.17. The zero-order valence-electron chi connectivity index (χ0n) is 9.80. The highest BCUT2D eigenvalue weighted by Gasteiger charge is 2.19. The molecule has 0 saturated carbocycles. The van der Waals surface area contributed by atoms with Gasteiger partial charge in [-0.1, -0.05) is 40.2 Å². The molecular formula is C13H21N. The fraction of sp³-hybridized carbons (Fsp3) is 0.615. The van der Waals surface area contributed by atoms with Gasteiger partial charge in [-0.15, -0.1) is 0 Å². The molecule has 0 unspecified atom stereocenters. The molecule has 0 bridgehead atoms. The lowest BCUT2D eigenvalue weighted by atomic mass is 9.81. The van der Waals surface area contributed by atoms with E-state index in [-0.39, 0.29) is 5.41 Å². The van der Waals surface area contributed by atoms with Crippen molar-refractivity contribution in [2.75, 3.05) is 0 Å². The molecule has 1 heterocycles. The van der Waals surface area contributed by atoms with Gasteiger partial charge in [0.1, 0.15) is 0 Å². The van der Waals surface area contributed by atoms with E-state index in [9.17, 15) is 0 Å². The van der Waals surface area contributed by atoms with Crippen LogP contribution < -0.4 is 0 Å². The minimum absolute atomic E-state index is 0.271. The summed E-state index contributed by atoms with van der Waals surface area (Å²) in [5, 5.41) is 0. The van der Waals surface area contributed by atoms with Gasteiger partial charge in [-0.3, -0.25) is 4.98 Å². The van der Waals surface area contributed by atoms with Crippen LogP contribution in [0.3, 0.4) is 0 Å². The first-order valence-electron chi connectivity index (χ1n) is 5.54. The van der Waals surface area contributed by atoms with Crippen molar-refractivity contribution >= 4 is 0 Å². The highest BCUT2D eigenvalue weighted by Crippen LogP contribution is 2.28. The van der Waals surface area contributed by atoms with Gasteiger partial charge >= 0.3 is 0 Å². The Bertz CT molecular complexity index is 289. The Hall–Kier alpha value is -0.850. The van der Waals surface area contributed by atoms with Gasteiger partial charge in [0.25, 0.3) is 0 Å². The number of nitrogens with zero attached hydrogens (tertiary/aromatic N) is 1. The molecule has 0 aliphatic rings. The Morgan fingerprint density at radius 3 is 2.50 bits per heavy atom. The Morgan fingerprint density at radius 1 is 1.21 bits per heavy atom. The van der Waals surface area contributed by atoms with E-state index in [0.29, 0.717) is 0 Å². The predicted molar refractivity (Wildman–Crippen MR) is 61.5 cm³/mol. The smallest absolute Gasteiger partial charge is 0.0305 e. The molecule has 0 atom stereocenters. The van der Waals surface area contributed by atoms with E-state index in [2.05, 4.69) is 38.7 Å². The van der Waals surface area contributed by atoms with Gasteiger partial charge in [0.05, 0.1) is 0 Å². The minimum atomic E-state index is 0.271. The molecule has 1 nitrogen and oxygen atoms in total. The van der Waals surface area contributed by atoms with Gasteiger partial charge in [0, 0.05) is 12.4 Å². The molecule has 0 spiro atoms. The molecule has 0 aromatic carbocycles. The molecule has 1 rings (SSSR count). The summed E-state index contributed by atoms with van der Waals surface area (Å²) in [6.07, 6.45) is 7.49. The highest BCUT2D eigenvalue weighted by molar-refractivity contribution is 5.24. The molecule has 1 aromatic rings. The third kappa shape index (κ3) is 2.57. The summed E-state index contributed by atoms with van der Waals surface area (Å²) in [5.41, 5.74) is 2.98. The molecule has 0 amide bonds. The van der Waals surface area contributed by atoms with Crippen molar-refractivity contribution < 1.29 is 0 Å². The quantitative estimate of drug-likeness (QED) is 0.706. The fourth-order valence-electron chi connectivity index (χ4n) is 1.82. The van der Waals surface area contributed by atoms with Crippen molar-refractivity contribution in [3.8, 4) is 0 Å². The summed E-state index contributed by atoms with van der Waals surface area (Å²) >= 11 is 0. The van der Waals surface area contributed by atoms with Gasteiger partial charge in [-0.25, -0.2) is 0 Å². The van der Waals surface area contributed by atoms with Crippen LogP contribution in [0.2, 0.25) is 0 Å². The third-order valence-corrected chi connectivity index (χ3v) is 2.86. The third-order valence-electron chi connectivity index (χ3n) is 2.86. The standard InChI is InChI=1S/C13H21N/c1-5-7-13(3,4)12-8-11(6-2)9-14-10-12/h8-10H,5-7H2,1-4H3. The number of aryl methyl sites for hydroxylation is 1. The molecule has 0 N–H and O–H groups in total. The summed E-state index contributed by atoms with van der Waals surface area (Å²) in [4.78, 5) is 4.30. The van der Waals surface area contributed by atoms with Gasteiger partial charge in [-0.2, -0.15) is 0 Å². The predicted octanol–water partition coefficient (Wildman–Crippen LogP) is 3.72. The van der Waals surface area contributed by atoms with Crippen molar-refractivity contribution in [3.05, 3.63) is 29.6 Å². The van der Waals surface area contributed by atoms with E-state index < -0.39 is 0 Å². The summed E-state index contributed by atoms with van der Waals surface area (Å²) in [5.74, 6) is 0. The van der Waals surface area contributed by atoms with E-state index in [1.807, 2.05) is 12.4 Å². The lowest BCUT2D eigenvalue weighted by Gasteiger charge is -2.24. The second kappa shape index (κ2) is 4.59. The number of hydrogen-bond acceptors (Lipinski definition) is 1. The Kier molecular flexibility index (Phi) is 3.68. The molecule has 0 fully saturated rings. The van der Waals surface area contributed by atoms with Crippen LogP contribution in [0, 0.1) is 0 Å². The van der Waals surface area contributed by atoms with Crippen LogP contribution in [-0.4, -0.2) is 4.98 Å². The molecular weight excluding hydrogens is 170 g/mol. The van der Waals surface area contributed by atoms with Crippen LogP contribution in [0.5, 0.6) is 0 Å². The fourth-order valence-corrected chi connectivity index (χ4v) is 1.82. The zero-order chi connectivity index (χ0) is 10.6. The SMILES string of the molecule is CCCC(C)(C)c1cncc(CC)c1. The normalized spacial score (nSPS) is 11.7. The number of hydrogen-bond donors (Lipinski definition) is 0. The molecule has 1 heteroatoms. The average molecular weight is 191 g/mol.